The van der Waals surface area contributed by atoms with E-state index in [2.05, 4.69) is 5.32 Å². The first-order chi connectivity index (χ1) is 8.11. The maximum Gasteiger partial charge on any atom is 0.231 e. The minimum absolute atomic E-state index is 0.0776. The van der Waals surface area contributed by atoms with Crippen molar-refractivity contribution >= 4 is 23.2 Å². The fourth-order valence-corrected chi connectivity index (χ4v) is 1.79. The van der Waals surface area contributed by atoms with Gasteiger partial charge in [-0.2, -0.15) is 5.26 Å². The van der Waals surface area contributed by atoms with Gasteiger partial charge in [-0.15, -0.1) is 0 Å². The molecule has 0 atom stereocenters. The molecule has 1 fully saturated rings. The third-order valence-corrected chi connectivity index (χ3v) is 3.40. The van der Waals surface area contributed by atoms with Crippen molar-refractivity contribution in [3.8, 4) is 6.07 Å². The average Bonchev–Trinajstić information content (AvgIpc) is 3.12. The van der Waals surface area contributed by atoms with E-state index in [9.17, 15) is 4.79 Å². The van der Waals surface area contributed by atoms with Crippen LogP contribution in [0.15, 0.2) is 18.2 Å². The van der Waals surface area contributed by atoms with Gasteiger partial charge in [0.25, 0.3) is 0 Å². The second-order valence-corrected chi connectivity index (χ2v) is 4.65. The van der Waals surface area contributed by atoms with Gasteiger partial charge in [-0.3, -0.25) is 4.79 Å². The summed E-state index contributed by atoms with van der Waals surface area (Å²) in [6.45, 7) is 0.359. The van der Waals surface area contributed by atoms with Crippen LogP contribution in [-0.4, -0.2) is 12.5 Å². The van der Waals surface area contributed by atoms with Crippen LogP contribution in [-0.2, 0) is 4.79 Å². The predicted octanol–water partition coefficient (Wildman–Crippen LogP) is 1.89. The lowest BCUT2D eigenvalue weighted by molar-refractivity contribution is -0.120. The maximum atomic E-state index is 11.9. The summed E-state index contributed by atoms with van der Waals surface area (Å²) in [5, 5.41) is 12.0. The number of nitrogens with one attached hydrogen (secondary N) is 1. The molecule has 0 spiro atoms. The molecule has 1 aliphatic carbocycles. The number of hydrogen-bond acceptors (Lipinski definition) is 3. The minimum Gasteiger partial charge on any atom is -0.329 e. The number of carbonyl (C=O) groups is 1. The number of halogens is 1. The topological polar surface area (TPSA) is 78.9 Å². The van der Waals surface area contributed by atoms with Crippen molar-refractivity contribution in [2.24, 2.45) is 11.1 Å². The molecule has 17 heavy (non-hydrogen) atoms. The van der Waals surface area contributed by atoms with Crippen LogP contribution < -0.4 is 11.1 Å². The third-order valence-electron chi connectivity index (χ3n) is 3.07. The lowest BCUT2D eigenvalue weighted by Gasteiger charge is -2.13. The van der Waals surface area contributed by atoms with Crippen LogP contribution in [0.3, 0.4) is 0 Å². The molecule has 4 nitrogen and oxygen atoms in total. The first-order valence-corrected chi connectivity index (χ1v) is 5.70. The van der Waals surface area contributed by atoms with Crippen molar-refractivity contribution in [2.45, 2.75) is 12.8 Å². The van der Waals surface area contributed by atoms with Crippen LogP contribution in [0.25, 0.3) is 0 Å². The molecule has 0 saturated heterocycles. The minimum atomic E-state index is -0.396. The monoisotopic (exact) mass is 249 g/mol. The fraction of sp³-hybridized carbons (Fsp3) is 0.333. The van der Waals surface area contributed by atoms with E-state index in [0.717, 1.165) is 12.8 Å². The summed E-state index contributed by atoms with van der Waals surface area (Å²) in [6.07, 6.45) is 1.65. The van der Waals surface area contributed by atoms with E-state index in [1.807, 2.05) is 6.07 Å². The van der Waals surface area contributed by atoms with Gasteiger partial charge in [0.05, 0.1) is 16.0 Å². The summed E-state index contributed by atoms with van der Waals surface area (Å²) >= 11 is 5.81. The van der Waals surface area contributed by atoms with Gasteiger partial charge in [0.15, 0.2) is 0 Å². The molecule has 0 unspecified atom stereocenters. The molecule has 0 aromatic heterocycles. The highest BCUT2D eigenvalue weighted by Gasteiger charge is 2.48. The van der Waals surface area contributed by atoms with E-state index < -0.39 is 5.41 Å². The third kappa shape index (κ3) is 2.26. The van der Waals surface area contributed by atoms with Crippen LogP contribution >= 0.6 is 11.6 Å². The fourth-order valence-electron chi connectivity index (χ4n) is 1.63. The molecule has 0 heterocycles. The zero-order valence-electron chi connectivity index (χ0n) is 9.16. The summed E-state index contributed by atoms with van der Waals surface area (Å²) in [5.41, 5.74) is 6.10. The molecule has 3 N–H and O–H groups in total. The van der Waals surface area contributed by atoms with Crippen LogP contribution in [0.2, 0.25) is 5.02 Å². The summed E-state index contributed by atoms with van der Waals surface area (Å²) in [5.74, 6) is -0.0776. The first-order valence-electron chi connectivity index (χ1n) is 5.32. The first kappa shape index (κ1) is 11.9. The molecule has 1 saturated carbocycles. The van der Waals surface area contributed by atoms with Gasteiger partial charge in [0, 0.05) is 12.2 Å². The van der Waals surface area contributed by atoms with Gasteiger partial charge in [-0.25, -0.2) is 0 Å². The molecule has 1 aromatic carbocycles. The second-order valence-electron chi connectivity index (χ2n) is 4.25. The van der Waals surface area contributed by atoms with Gasteiger partial charge < -0.3 is 11.1 Å². The van der Waals surface area contributed by atoms with Crippen LogP contribution in [0.1, 0.15) is 18.4 Å². The van der Waals surface area contributed by atoms with Crippen LogP contribution in [0.4, 0.5) is 5.69 Å². The van der Waals surface area contributed by atoms with E-state index in [1.54, 1.807) is 18.2 Å². The highest BCUT2D eigenvalue weighted by Crippen LogP contribution is 2.45. The zero-order valence-corrected chi connectivity index (χ0v) is 9.92. The highest BCUT2D eigenvalue weighted by atomic mass is 35.5. The number of nitriles is 1. The van der Waals surface area contributed by atoms with Crippen molar-refractivity contribution in [3.05, 3.63) is 28.8 Å². The summed E-state index contributed by atoms with van der Waals surface area (Å²) in [7, 11) is 0. The van der Waals surface area contributed by atoms with Crippen molar-refractivity contribution in [3.63, 3.8) is 0 Å². The Bertz CT molecular complexity index is 503. The van der Waals surface area contributed by atoms with Gasteiger partial charge >= 0.3 is 0 Å². The number of nitrogens with zero attached hydrogens (tertiary/aromatic N) is 1. The van der Waals surface area contributed by atoms with Crippen molar-refractivity contribution in [2.75, 3.05) is 11.9 Å². The SMILES string of the molecule is N#Cc1cc(NC(=O)C2(CN)CC2)ccc1Cl. The van der Waals surface area contributed by atoms with Crippen molar-refractivity contribution in [1.82, 2.24) is 0 Å². The molecule has 0 bridgehead atoms. The quantitative estimate of drug-likeness (QED) is 0.859. The average molecular weight is 250 g/mol. The summed E-state index contributed by atoms with van der Waals surface area (Å²) < 4.78 is 0. The van der Waals surface area contributed by atoms with Crippen molar-refractivity contribution in [1.29, 1.82) is 5.26 Å². The molecule has 1 aliphatic rings. The number of carbonyl (C=O) groups excluding carboxylic acids is 1. The highest BCUT2D eigenvalue weighted by molar-refractivity contribution is 6.31. The Morgan fingerprint density at radius 2 is 2.29 bits per heavy atom. The van der Waals surface area contributed by atoms with Gasteiger partial charge in [-0.05, 0) is 31.0 Å². The Morgan fingerprint density at radius 1 is 1.59 bits per heavy atom. The Balaban J connectivity index is 2.15. The van der Waals surface area contributed by atoms with E-state index in [0.29, 0.717) is 22.8 Å². The van der Waals surface area contributed by atoms with Crippen LogP contribution in [0.5, 0.6) is 0 Å². The van der Waals surface area contributed by atoms with Gasteiger partial charge in [0.1, 0.15) is 6.07 Å². The van der Waals surface area contributed by atoms with Crippen molar-refractivity contribution < 1.29 is 4.79 Å². The molecule has 1 amide bonds. The Hall–Kier alpha value is -1.57. The van der Waals surface area contributed by atoms with E-state index >= 15 is 0 Å². The Kier molecular flexibility index (Phi) is 3.05. The number of hydrogen-bond donors (Lipinski definition) is 2. The van der Waals surface area contributed by atoms with Crippen LogP contribution in [0, 0.1) is 16.7 Å². The van der Waals surface area contributed by atoms with E-state index in [1.165, 1.54) is 0 Å². The molecular weight excluding hydrogens is 238 g/mol. The molecule has 88 valence electrons. The smallest absolute Gasteiger partial charge is 0.231 e. The largest absolute Gasteiger partial charge is 0.329 e. The lowest BCUT2D eigenvalue weighted by Crippen LogP contribution is -2.30. The second kappa shape index (κ2) is 4.36. The predicted molar refractivity (Wildman–Crippen MR) is 65.5 cm³/mol. The number of benzene rings is 1. The lowest BCUT2D eigenvalue weighted by atomic mass is 10.1. The molecule has 0 aliphatic heterocycles. The maximum absolute atomic E-state index is 11.9. The van der Waals surface area contributed by atoms with Gasteiger partial charge in [0.2, 0.25) is 5.91 Å². The zero-order chi connectivity index (χ0) is 12.5. The number of amides is 1. The van der Waals surface area contributed by atoms with E-state index in [-0.39, 0.29) is 5.91 Å². The molecular formula is C12H12ClN3O. The Labute approximate surface area is 104 Å². The number of anilines is 1. The molecule has 1 aromatic rings. The summed E-state index contributed by atoms with van der Waals surface area (Å²) in [6, 6.07) is 6.80. The van der Waals surface area contributed by atoms with E-state index in [4.69, 9.17) is 22.6 Å². The molecule has 0 radical (unpaired) electrons. The molecule has 2 rings (SSSR count). The normalized spacial score (nSPS) is 16.1. The standard InChI is InChI=1S/C12H12ClN3O/c13-10-2-1-9(5-8(10)6-14)16-11(17)12(7-15)3-4-12/h1-2,5H,3-4,7,15H2,(H,16,17). The Morgan fingerprint density at radius 3 is 2.82 bits per heavy atom. The van der Waals surface area contributed by atoms with Gasteiger partial charge in [-0.1, -0.05) is 11.6 Å². The summed E-state index contributed by atoms with van der Waals surface area (Å²) in [4.78, 5) is 11.9. The number of nitrogens with two attached hydrogens (primary N) is 1. The molecule has 5 heteroatoms. The number of rotatable bonds is 3.